The number of nitrogens with zero attached hydrogens (tertiary/aromatic N) is 2. The second-order valence-corrected chi connectivity index (χ2v) is 4.90. The van der Waals surface area contributed by atoms with Crippen LogP contribution in [0.1, 0.15) is 6.92 Å². The highest BCUT2D eigenvalue weighted by atomic mass is 79.9. The minimum Gasteiger partial charge on any atom is -0.430 e. The smallest absolute Gasteiger partial charge is 0.331 e. The van der Waals surface area contributed by atoms with Crippen molar-refractivity contribution in [3.8, 4) is 11.6 Å². The van der Waals surface area contributed by atoms with Crippen LogP contribution in [0.3, 0.4) is 0 Å². The van der Waals surface area contributed by atoms with E-state index in [1.54, 1.807) is 0 Å². The van der Waals surface area contributed by atoms with E-state index in [1.807, 2.05) is 6.92 Å². The largest absolute Gasteiger partial charge is 0.430 e. The highest BCUT2D eigenvalue weighted by Crippen LogP contribution is 2.33. The summed E-state index contributed by atoms with van der Waals surface area (Å²) in [5.41, 5.74) is -0.337. The summed E-state index contributed by atoms with van der Waals surface area (Å²) in [6.07, 6.45) is 0. The maximum atomic E-state index is 13.7. The molecule has 0 radical (unpaired) electrons. The van der Waals surface area contributed by atoms with Crippen molar-refractivity contribution in [2.24, 2.45) is 0 Å². The van der Waals surface area contributed by atoms with Crippen LogP contribution in [-0.4, -0.2) is 16.5 Å². The molecule has 0 aliphatic carbocycles. The second-order valence-electron chi connectivity index (χ2n) is 3.99. The number of ether oxygens (including phenoxy) is 1. The van der Waals surface area contributed by atoms with E-state index in [0.29, 0.717) is 16.8 Å². The molecular formula is C13H11BrFN3O3. The van der Waals surface area contributed by atoms with Crippen LogP contribution in [0.2, 0.25) is 0 Å². The van der Waals surface area contributed by atoms with Crippen LogP contribution in [0, 0.1) is 15.9 Å². The molecule has 0 unspecified atom stereocenters. The number of hydrogen-bond donors (Lipinski definition) is 1. The molecule has 0 bridgehead atoms. The summed E-state index contributed by atoms with van der Waals surface area (Å²) in [7, 11) is 0. The number of anilines is 1. The van der Waals surface area contributed by atoms with Gasteiger partial charge in [0.2, 0.25) is 0 Å². The SMILES string of the molecule is CCNc1ccc([N+](=O)[O-])c(Oc2cc(Br)ccc2F)n1. The van der Waals surface area contributed by atoms with Gasteiger partial charge in [0, 0.05) is 17.1 Å². The lowest BCUT2D eigenvalue weighted by Gasteiger charge is -2.09. The number of nitrogens with one attached hydrogen (secondary N) is 1. The zero-order valence-electron chi connectivity index (χ0n) is 11.0. The molecule has 1 aromatic heterocycles. The van der Waals surface area contributed by atoms with Crippen molar-refractivity contribution in [3.05, 3.63) is 50.7 Å². The summed E-state index contributed by atoms with van der Waals surface area (Å²) >= 11 is 3.18. The van der Waals surface area contributed by atoms with Crippen LogP contribution >= 0.6 is 15.9 Å². The van der Waals surface area contributed by atoms with Crippen molar-refractivity contribution in [2.75, 3.05) is 11.9 Å². The first kappa shape index (κ1) is 15.2. The van der Waals surface area contributed by atoms with E-state index >= 15 is 0 Å². The van der Waals surface area contributed by atoms with Gasteiger partial charge in [-0.2, -0.15) is 4.98 Å². The molecule has 2 rings (SSSR count). The number of aromatic nitrogens is 1. The minimum absolute atomic E-state index is 0.145. The van der Waals surface area contributed by atoms with Gasteiger partial charge in [-0.25, -0.2) is 4.39 Å². The first-order valence-electron chi connectivity index (χ1n) is 6.03. The lowest BCUT2D eigenvalue weighted by molar-refractivity contribution is -0.386. The van der Waals surface area contributed by atoms with Crippen molar-refractivity contribution in [2.45, 2.75) is 6.92 Å². The lowest BCUT2D eigenvalue weighted by atomic mass is 10.3. The van der Waals surface area contributed by atoms with Gasteiger partial charge in [0.05, 0.1) is 4.92 Å². The monoisotopic (exact) mass is 355 g/mol. The maximum absolute atomic E-state index is 13.7. The number of benzene rings is 1. The molecule has 1 N–H and O–H groups in total. The Labute approximate surface area is 128 Å². The topological polar surface area (TPSA) is 77.3 Å². The minimum atomic E-state index is -0.636. The van der Waals surface area contributed by atoms with Gasteiger partial charge in [-0.15, -0.1) is 0 Å². The molecule has 2 aromatic rings. The van der Waals surface area contributed by atoms with Gasteiger partial charge in [0.1, 0.15) is 5.82 Å². The fourth-order valence-corrected chi connectivity index (χ4v) is 1.93. The van der Waals surface area contributed by atoms with E-state index in [0.717, 1.165) is 0 Å². The third-order valence-corrected chi connectivity index (χ3v) is 2.99. The summed E-state index contributed by atoms with van der Waals surface area (Å²) in [6.45, 7) is 2.45. The van der Waals surface area contributed by atoms with Crippen LogP contribution in [0.4, 0.5) is 15.9 Å². The van der Waals surface area contributed by atoms with Crippen molar-refractivity contribution in [3.63, 3.8) is 0 Å². The number of nitro groups is 1. The van der Waals surface area contributed by atoms with Crippen LogP contribution in [0.25, 0.3) is 0 Å². The summed E-state index contributed by atoms with van der Waals surface area (Å²) in [5.74, 6) is -0.638. The van der Waals surface area contributed by atoms with Gasteiger partial charge in [0.15, 0.2) is 11.6 Å². The van der Waals surface area contributed by atoms with Crippen LogP contribution in [0.5, 0.6) is 11.6 Å². The van der Waals surface area contributed by atoms with E-state index in [1.165, 1.54) is 30.3 Å². The molecule has 0 saturated carbocycles. The van der Waals surface area contributed by atoms with Crippen molar-refractivity contribution >= 4 is 27.4 Å². The van der Waals surface area contributed by atoms with Gasteiger partial charge >= 0.3 is 11.6 Å². The Morgan fingerprint density at radius 3 is 2.86 bits per heavy atom. The zero-order chi connectivity index (χ0) is 15.4. The molecule has 0 fully saturated rings. The molecule has 110 valence electrons. The molecule has 8 heteroatoms. The summed E-state index contributed by atoms with van der Waals surface area (Å²) in [5, 5.41) is 13.9. The van der Waals surface area contributed by atoms with E-state index in [9.17, 15) is 14.5 Å². The summed E-state index contributed by atoms with van der Waals surface area (Å²) in [4.78, 5) is 14.4. The van der Waals surface area contributed by atoms with Gasteiger partial charge in [0.25, 0.3) is 0 Å². The van der Waals surface area contributed by atoms with E-state index < -0.39 is 10.7 Å². The van der Waals surface area contributed by atoms with Crippen LogP contribution in [-0.2, 0) is 0 Å². The Hall–Kier alpha value is -2.22. The number of hydrogen-bond acceptors (Lipinski definition) is 5. The Morgan fingerprint density at radius 2 is 2.19 bits per heavy atom. The fraction of sp³-hybridized carbons (Fsp3) is 0.154. The molecule has 0 amide bonds. The zero-order valence-corrected chi connectivity index (χ0v) is 12.6. The Morgan fingerprint density at radius 1 is 1.43 bits per heavy atom. The predicted octanol–water partition coefficient (Wildman–Crippen LogP) is 4.12. The second kappa shape index (κ2) is 6.49. The molecule has 0 aliphatic rings. The quantitative estimate of drug-likeness (QED) is 0.644. The molecule has 0 spiro atoms. The predicted molar refractivity (Wildman–Crippen MR) is 79.2 cm³/mol. The summed E-state index contributed by atoms with van der Waals surface area (Å²) in [6, 6.07) is 6.79. The average Bonchev–Trinajstić information content (AvgIpc) is 2.43. The standard InChI is InChI=1S/C13H11BrFN3O3/c1-2-16-12-6-5-10(18(19)20)13(17-12)21-11-7-8(14)3-4-9(11)15/h3-7H,2H2,1H3,(H,16,17). The normalized spacial score (nSPS) is 10.2. The molecule has 1 aromatic carbocycles. The lowest BCUT2D eigenvalue weighted by Crippen LogP contribution is -2.03. The average molecular weight is 356 g/mol. The molecule has 0 atom stereocenters. The van der Waals surface area contributed by atoms with Gasteiger partial charge in [-0.1, -0.05) is 15.9 Å². The number of halogens is 2. The van der Waals surface area contributed by atoms with Crippen molar-refractivity contribution in [1.82, 2.24) is 4.98 Å². The summed E-state index contributed by atoms with van der Waals surface area (Å²) < 4.78 is 19.5. The van der Waals surface area contributed by atoms with E-state index in [4.69, 9.17) is 4.74 Å². The molecular weight excluding hydrogens is 345 g/mol. The number of rotatable bonds is 5. The van der Waals surface area contributed by atoms with E-state index in [2.05, 4.69) is 26.2 Å². The Balaban J connectivity index is 2.43. The van der Waals surface area contributed by atoms with Gasteiger partial charge < -0.3 is 10.1 Å². The number of pyridine rings is 1. The fourth-order valence-electron chi connectivity index (χ4n) is 1.59. The third-order valence-electron chi connectivity index (χ3n) is 2.49. The molecule has 0 aliphatic heterocycles. The molecule has 6 nitrogen and oxygen atoms in total. The highest BCUT2D eigenvalue weighted by Gasteiger charge is 2.20. The van der Waals surface area contributed by atoms with Crippen molar-refractivity contribution < 1.29 is 14.1 Å². The van der Waals surface area contributed by atoms with Crippen LogP contribution < -0.4 is 10.1 Å². The van der Waals surface area contributed by atoms with Crippen LogP contribution in [0.15, 0.2) is 34.8 Å². The van der Waals surface area contributed by atoms with Gasteiger partial charge in [-0.05, 0) is 31.2 Å². The molecule has 21 heavy (non-hydrogen) atoms. The first-order chi connectivity index (χ1) is 10.0. The first-order valence-corrected chi connectivity index (χ1v) is 6.82. The Kier molecular flexibility index (Phi) is 4.69. The Bertz CT molecular complexity index is 682. The molecule has 0 saturated heterocycles. The van der Waals surface area contributed by atoms with Gasteiger partial charge in [-0.3, -0.25) is 10.1 Å². The third kappa shape index (κ3) is 3.66. The molecule has 1 heterocycles. The highest BCUT2D eigenvalue weighted by molar-refractivity contribution is 9.10. The maximum Gasteiger partial charge on any atom is 0.331 e. The van der Waals surface area contributed by atoms with E-state index in [-0.39, 0.29) is 17.3 Å². The van der Waals surface area contributed by atoms with Crippen molar-refractivity contribution in [1.29, 1.82) is 0 Å².